The summed E-state index contributed by atoms with van der Waals surface area (Å²) in [7, 11) is 3.31. The largest absolute Gasteiger partial charge is 0.493 e. The molecule has 5 heteroatoms. The quantitative estimate of drug-likeness (QED) is 0.768. The van der Waals surface area contributed by atoms with E-state index in [4.69, 9.17) is 21.1 Å². The fraction of sp³-hybridized carbons (Fsp3) is 0.294. The van der Waals surface area contributed by atoms with Crippen molar-refractivity contribution in [3.8, 4) is 11.5 Å². The monoisotopic (exact) mass is 341 g/mol. The number of halogens is 2. The van der Waals surface area contributed by atoms with E-state index in [0.29, 0.717) is 0 Å². The molecule has 2 aromatic rings. The molecular weight excluding hydrogens is 321 g/mol. The minimum Gasteiger partial charge on any atom is -0.493 e. The summed E-state index contributed by atoms with van der Waals surface area (Å²) in [6, 6.07) is 13.8. The number of ether oxygens (including phenoxy) is 2. The standard InChI is InChI=1S/C17H20ClNO2.ClH/c1-20-16-5-3-4-14(17(16)21-2)12-19-11-10-13-6-8-15(18)9-7-13;/h3-9,19H,10-12H2,1-2H3;1H. The first-order valence-corrected chi connectivity index (χ1v) is 7.27. The van der Waals surface area contributed by atoms with Crippen molar-refractivity contribution in [3.63, 3.8) is 0 Å². The summed E-state index contributed by atoms with van der Waals surface area (Å²) < 4.78 is 10.7. The average molecular weight is 342 g/mol. The van der Waals surface area contributed by atoms with E-state index in [1.54, 1.807) is 14.2 Å². The Labute approximate surface area is 143 Å². The summed E-state index contributed by atoms with van der Waals surface area (Å²) in [6.07, 6.45) is 0.962. The van der Waals surface area contributed by atoms with Gasteiger partial charge in [-0.15, -0.1) is 12.4 Å². The molecule has 3 nitrogen and oxygen atoms in total. The van der Waals surface area contributed by atoms with Crippen LogP contribution in [0.15, 0.2) is 42.5 Å². The van der Waals surface area contributed by atoms with Crippen molar-refractivity contribution in [2.45, 2.75) is 13.0 Å². The molecule has 0 saturated heterocycles. The highest BCUT2D eigenvalue weighted by molar-refractivity contribution is 6.30. The average Bonchev–Trinajstić information content (AvgIpc) is 2.52. The van der Waals surface area contributed by atoms with Gasteiger partial charge in [-0.2, -0.15) is 0 Å². The van der Waals surface area contributed by atoms with Gasteiger partial charge >= 0.3 is 0 Å². The smallest absolute Gasteiger partial charge is 0.165 e. The van der Waals surface area contributed by atoms with Gasteiger partial charge < -0.3 is 14.8 Å². The van der Waals surface area contributed by atoms with Gasteiger partial charge in [0.05, 0.1) is 14.2 Å². The van der Waals surface area contributed by atoms with Crippen LogP contribution in [-0.4, -0.2) is 20.8 Å². The summed E-state index contributed by atoms with van der Waals surface area (Å²) in [5.74, 6) is 1.55. The second-order valence-electron chi connectivity index (χ2n) is 4.71. The number of rotatable bonds is 7. The molecule has 0 atom stereocenters. The van der Waals surface area contributed by atoms with E-state index in [0.717, 1.165) is 41.6 Å². The van der Waals surface area contributed by atoms with Crippen molar-refractivity contribution < 1.29 is 9.47 Å². The van der Waals surface area contributed by atoms with E-state index >= 15 is 0 Å². The third-order valence-corrected chi connectivity index (χ3v) is 3.56. The van der Waals surface area contributed by atoms with Crippen molar-refractivity contribution in [2.24, 2.45) is 0 Å². The Hall–Kier alpha value is -1.42. The lowest BCUT2D eigenvalue weighted by atomic mass is 10.1. The first kappa shape index (κ1) is 18.6. The van der Waals surface area contributed by atoms with E-state index in [2.05, 4.69) is 17.4 Å². The molecule has 1 N–H and O–H groups in total. The molecule has 0 unspecified atom stereocenters. The van der Waals surface area contributed by atoms with Crippen molar-refractivity contribution in [3.05, 3.63) is 58.6 Å². The molecule has 0 aromatic heterocycles. The molecule has 0 aliphatic carbocycles. The lowest BCUT2D eigenvalue weighted by molar-refractivity contribution is 0.350. The van der Waals surface area contributed by atoms with Crippen molar-refractivity contribution in [1.29, 1.82) is 0 Å². The minimum atomic E-state index is 0. The SMILES string of the molecule is COc1cccc(CNCCc2ccc(Cl)cc2)c1OC.Cl. The summed E-state index contributed by atoms with van der Waals surface area (Å²) in [5.41, 5.74) is 2.36. The van der Waals surface area contributed by atoms with Crippen LogP contribution in [-0.2, 0) is 13.0 Å². The maximum absolute atomic E-state index is 5.87. The van der Waals surface area contributed by atoms with Gasteiger partial charge in [0, 0.05) is 17.1 Å². The lowest BCUT2D eigenvalue weighted by Crippen LogP contribution is -2.17. The zero-order valence-electron chi connectivity index (χ0n) is 12.8. The molecule has 22 heavy (non-hydrogen) atoms. The lowest BCUT2D eigenvalue weighted by Gasteiger charge is -2.13. The Kier molecular flexibility index (Phi) is 8.10. The number of methoxy groups -OCH3 is 2. The molecule has 2 rings (SSSR count). The topological polar surface area (TPSA) is 30.5 Å². The Balaban J connectivity index is 0.00000242. The minimum absolute atomic E-state index is 0. The number of para-hydroxylation sites is 1. The molecule has 0 aliphatic heterocycles. The van der Waals surface area contributed by atoms with Crippen LogP contribution in [0.1, 0.15) is 11.1 Å². The van der Waals surface area contributed by atoms with Gasteiger partial charge in [0.15, 0.2) is 11.5 Å². The third-order valence-electron chi connectivity index (χ3n) is 3.30. The maximum Gasteiger partial charge on any atom is 0.165 e. The van der Waals surface area contributed by atoms with E-state index < -0.39 is 0 Å². The van der Waals surface area contributed by atoms with Gasteiger partial charge in [0.2, 0.25) is 0 Å². The van der Waals surface area contributed by atoms with Gasteiger partial charge in [-0.25, -0.2) is 0 Å². The van der Waals surface area contributed by atoms with Crippen LogP contribution >= 0.6 is 24.0 Å². The summed E-state index contributed by atoms with van der Waals surface area (Å²) >= 11 is 5.87. The van der Waals surface area contributed by atoms with Gasteiger partial charge in [-0.1, -0.05) is 35.9 Å². The second kappa shape index (κ2) is 9.57. The predicted octanol–water partition coefficient (Wildman–Crippen LogP) is 4.11. The van der Waals surface area contributed by atoms with Crippen LogP contribution in [0.25, 0.3) is 0 Å². The molecule has 2 aromatic carbocycles. The van der Waals surface area contributed by atoms with Crippen LogP contribution in [0.5, 0.6) is 11.5 Å². The summed E-state index contributed by atoms with van der Waals surface area (Å²) in [4.78, 5) is 0. The Bertz CT molecular complexity index is 573. The van der Waals surface area contributed by atoms with Crippen LogP contribution in [0.2, 0.25) is 5.02 Å². The first-order chi connectivity index (χ1) is 10.2. The van der Waals surface area contributed by atoms with Crippen molar-refractivity contribution >= 4 is 24.0 Å². The highest BCUT2D eigenvalue weighted by Gasteiger charge is 2.08. The van der Waals surface area contributed by atoms with Crippen molar-refractivity contribution in [2.75, 3.05) is 20.8 Å². The highest BCUT2D eigenvalue weighted by Crippen LogP contribution is 2.30. The number of hydrogen-bond acceptors (Lipinski definition) is 3. The summed E-state index contributed by atoms with van der Waals surface area (Å²) in [5, 5.41) is 4.19. The molecule has 0 saturated carbocycles. The first-order valence-electron chi connectivity index (χ1n) is 6.89. The zero-order valence-corrected chi connectivity index (χ0v) is 14.3. The van der Waals surface area contributed by atoms with E-state index in [9.17, 15) is 0 Å². The fourth-order valence-electron chi connectivity index (χ4n) is 2.20. The molecular formula is C17H21Cl2NO2. The fourth-order valence-corrected chi connectivity index (χ4v) is 2.33. The van der Waals surface area contributed by atoms with E-state index in [-0.39, 0.29) is 12.4 Å². The number of benzene rings is 2. The molecule has 0 amide bonds. The van der Waals surface area contributed by atoms with E-state index in [1.165, 1.54) is 5.56 Å². The zero-order chi connectivity index (χ0) is 15.1. The molecule has 120 valence electrons. The van der Waals surface area contributed by atoms with E-state index in [1.807, 2.05) is 30.3 Å². The molecule has 0 heterocycles. The van der Waals surface area contributed by atoms with Crippen molar-refractivity contribution in [1.82, 2.24) is 5.32 Å². The predicted molar refractivity (Wildman–Crippen MR) is 93.7 cm³/mol. The summed E-state index contributed by atoms with van der Waals surface area (Å²) in [6.45, 7) is 1.63. The molecule has 0 bridgehead atoms. The van der Waals surface area contributed by atoms with Gasteiger partial charge in [0.25, 0.3) is 0 Å². The van der Waals surface area contributed by atoms with Gasteiger partial charge in [-0.3, -0.25) is 0 Å². The highest BCUT2D eigenvalue weighted by atomic mass is 35.5. The van der Waals surface area contributed by atoms with Gasteiger partial charge in [-0.05, 0) is 36.7 Å². The molecule has 0 spiro atoms. The normalized spacial score (nSPS) is 9.95. The Morgan fingerprint density at radius 2 is 1.73 bits per heavy atom. The van der Waals surface area contributed by atoms with Crippen LogP contribution in [0, 0.1) is 0 Å². The Morgan fingerprint density at radius 3 is 2.36 bits per heavy atom. The van der Waals surface area contributed by atoms with Crippen LogP contribution < -0.4 is 14.8 Å². The number of hydrogen-bond donors (Lipinski definition) is 1. The van der Waals surface area contributed by atoms with Gasteiger partial charge in [0.1, 0.15) is 0 Å². The Morgan fingerprint density at radius 1 is 1.00 bits per heavy atom. The number of nitrogens with one attached hydrogen (secondary N) is 1. The third kappa shape index (κ3) is 5.09. The van der Waals surface area contributed by atoms with Crippen LogP contribution in [0.4, 0.5) is 0 Å². The second-order valence-corrected chi connectivity index (χ2v) is 5.14. The molecule has 0 radical (unpaired) electrons. The van der Waals surface area contributed by atoms with Crippen LogP contribution in [0.3, 0.4) is 0 Å². The molecule has 0 aliphatic rings. The molecule has 0 fully saturated rings. The maximum atomic E-state index is 5.87.